The Balaban J connectivity index is 1.13. The molecule has 0 N–H and O–H groups in total. The molecule has 8 rings (SSSR count). The van der Waals surface area contributed by atoms with Crippen LogP contribution in [0.25, 0.3) is 79.2 Å². The van der Waals surface area contributed by atoms with Gasteiger partial charge in [0.1, 0.15) is 0 Å². The summed E-state index contributed by atoms with van der Waals surface area (Å²) in [6, 6.07) is 57.5. The van der Waals surface area contributed by atoms with Gasteiger partial charge in [-0.1, -0.05) is 170 Å². The van der Waals surface area contributed by atoms with Crippen molar-refractivity contribution in [3.8, 4) is 79.2 Å². The Morgan fingerprint density at radius 3 is 0.857 bits per heavy atom. The van der Waals surface area contributed by atoms with Gasteiger partial charge in [-0.15, -0.1) is 0 Å². The SMILES string of the molecule is Ic1c(-c2ccccc2)nc(-c2ccccc2)nc1-c1ccc(-c2ccc(-c3nc(-c4ccccc4)nc(-c4ccccc4)n3)cc2)cc1. The zero-order valence-electron chi connectivity index (χ0n) is 26.3. The zero-order valence-corrected chi connectivity index (χ0v) is 28.4. The summed E-state index contributed by atoms with van der Waals surface area (Å²) >= 11 is 2.38. The fraction of sp³-hybridized carbons (Fsp3) is 0. The number of benzene rings is 6. The number of hydrogen-bond donors (Lipinski definition) is 0. The van der Waals surface area contributed by atoms with E-state index in [9.17, 15) is 0 Å². The van der Waals surface area contributed by atoms with E-state index in [0.29, 0.717) is 23.3 Å². The quantitative estimate of drug-likeness (QED) is 0.152. The highest BCUT2D eigenvalue weighted by Gasteiger charge is 2.17. The maximum Gasteiger partial charge on any atom is 0.164 e. The van der Waals surface area contributed by atoms with Crippen LogP contribution in [0, 0.1) is 3.57 Å². The third-order valence-corrected chi connectivity index (χ3v) is 9.29. The molecule has 0 amide bonds. The van der Waals surface area contributed by atoms with Gasteiger partial charge in [0, 0.05) is 33.4 Å². The van der Waals surface area contributed by atoms with Crippen molar-refractivity contribution in [1.29, 1.82) is 0 Å². The average molecular weight is 742 g/mol. The summed E-state index contributed by atoms with van der Waals surface area (Å²) in [6.45, 7) is 0. The van der Waals surface area contributed by atoms with E-state index in [-0.39, 0.29) is 0 Å². The Morgan fingerprint density at radius 2 is 0.490 bits per heavy atom. The molecule has 0 atom stereocenters. The smallest absolute Gasteiger partial charge is 0.164 e. The van der Waals surface area contributed by atoms with E-state index in [0.717, 1.165) is 59.5 Å². The van der Waals surface area contributed by atoms with Crippen LogP contribution in [-0.4, -0.2) is 24.9 Å². The molecule has 232 valence electrons. The minimum Gasteiger partial charge on any atom is -0.227 e. The molecule has 0 saturated carbocycles. The molecule has 0 bridgehead atoms. The summed E-state index contributed by atoms with van der Waals surface area (Å²) in [4.78, 5) is 24.6. The van der Waals surface area contributed by atoms with Crippen LogP contribution in [0.3, 0.4) is 0 Å². The third-order valence-electron chi connectivity index (χ3n) is 8.26. The molecule has 0 fully saturated rings. The first kappa shape index (κ1) is 30.5. The summed E-state index contributed by atoms with van der Waals surface area (Å²) in [5.74, 6) is 2.64. The van der Waals surface area contributed by atoms with Crippen molar-refractivity contribution < 1.29 is 0 Å². The van der Waals surface area contributed by atoms with Gasteiger partial charge in [0.25, 0.3) is 0 Å². The predicted molar refractivity (Wildman–Crippen MR) is 206 cm³/mol. The Kier molecular flexibility index (Phi) is 8.52. The van der Waals surface area contributed by atoms with Crippen LogP contribution in [0.5, 0.6) is 0 Å². The predicted octanol–water partition coefficient (Wildman–Crippen LogP) is 10.9. The monoisotopic (exact) mass is 741 g/mol. The lowest BCUT2D eigenvalue weighted by atomic mass is 10.0. The van der Waals surface area contributed by atoms with E-state index in [2.05, 4.69) is 95.4 Å². The molecule has 0 aliphatic heterocycles. The van der Waals surface area contributed by atoms with Crippen molar-refractivity contribution in [2.45, 2.75) is 0 Å². The molecule has 0 unspecified atom stereocenters. The molecule has 0 saturated heterocycles. The van der Waals surface area contributed by atoms with Crippen LogP contribution >= 0.6 is 22.6 Å². The summed E-state index contributed by atoms with van der Waals surface area (Å²) in [5.41, 5.74) is 9.95. The number of aromatic nitrogens is 5. The molecule has 8 aromatic rings. The van der Waals surface area contributed by atoms with Gasteiger partial charge in [0.15, 0.2) is 23.3 Å². The highest BCUT2D eigenvalue weighted by Crippen LogP contribution is 2.35. The molecule has 49 heavy (non-hydrogen) atoms. The molecule has 5 nitrogen and oxygen atoms in total. The lowest BCUT2D eigenvalue weighted by Gasteiger charge is -2.13. The zero-order chi connectivity index (χ0) is 33.0. The highest BCUT2D eigenvalue weighted by molar-refractivity contribution is 14.1. The summed E-state index contributed by atoms with van der Waals surface area (Å²) in [5, 5.41) is 0. The van der Waals surface area contributed by atoms with Crippen LogP contribution in [0.4, 0.5) is 0 Å². The van der Waals surface area contributed by atoms with E-state index in [1.807, 2.05) is 97.1 Å². The topological polar surface area (TPSA) is 64.5 Å². The fourth-order valence-electron chi connectivity index (χ4n) is 5.71. The molecule has 0 aliphatic rings. The fourth-order valence-corrected chi connectivity index (χ4v) is 6.58. The summed E-state index contributed by atoms with van der Waals surface area (Å²) < 4.78 is 1.02. The average Bonchev–Trinajstić information content (AvgIpc) is 3.19. The first-order valence-corrected chi connectivity index (χ1v) is 17.0. The maximum atomic E-state index is 5.07. The van der Waals surface area contributed by atoms with Gasteiger partial charge in [-0.2, -0.15) is 0 Å². The van der Waals surface area contributed by atoms with Crippen molar-refractivity contribution in [2.24, 2.45) is 0 Å². The Bertz CT molecular complexity index is 2290. The summed E-state index contributed by atoms with van der Waals surface area (Å²) in [7, 11) is 0. The van der Waals surface area contributed by atoms with Crippen LogP contribution in [0.1, 0.15) is 0 Å². The number of hydrogen-bond acceptors (Lipinski definition) is 5. The van der Waals surface area contributed by atoms with Gasteiger partial charge < -0.3 is 0 Å². The second-order valence-electron chi connectivity index (χ2n) is 11.5. The van der Waals surface area contributed by atoms with Crippen LogP contribution < -0.4 is 0 Å². The number of rotatable bonds is 7. The van der Waals surface area contributed by atoms with Gasteiger partial charge in [-0.05, 0) is 33.7 Å². The third kappa shape index (κ3) is 6.51. The van der Waals surface area contributed by atoms with Gasteiger partial charge >= 0.3 is 0 Å². The first-order valence-electron chi connectivity index (χ1n) is 16.0. The van der Waals surface area contributed by atoms with Gasteiger partial charge in [-0.25, -0.2) is 24.9 Å². The van der Waals surface area contributed by atoms with Crippen LogP contribution in [0.2, 0.25) is 0 Å². The van der Waals surface area contributed by atoms with Crippen molar-refractivity contribution >= 4 is 22.6 Å². The Morgan fingerprint density at radius 1 is 0.245 bits per heavy atom. The van der Waals surface area contributed by atoms with E-state index in [1.165, 1.54) is 0 Å². The summed E-state index contributed by atoms with van der Waals surface area (Å²) in [6.07, 6.45) is 0. The van der Waals surface area contributed by atoms with Gasteiger partial charge in [0.05, 0.1) is 15.0 Å². The van der Waals surface area contributed by atoms with Crippen molar-refractivity contribution in [2.75, 3.05) is 0 Å². The molecule has 0 radical (unpaired) electrons. The molecule has 6 heteroatoms. The molecule has 6 aromatic carbocycles. The van der Waals surface area contributed by atoms with E-state index >= 15 is 0 Å². The standard InChI is InChI=1S/C43H28IN5/c44-37-38(31-13-5-1-6-14-31)45-40(33-15-7-2-8-16-33)46-39(37)32-25-21-29(22-26-32)30-23-27-36(28-24-30)43-48-41(34-17-9-3-10-18-34)47-42(49-43)35-19-11-4-12-20-35/h1-28H. The van der Waals surface area contributed by atoms with Crippen LogP contribution in [-0.2, 0) is 0 Å². The Hall–Kier alpha value is -5.86. The normalized spacial score (nSPS) is 11.0. The molecular weight excluding hydrogens is 713 g/mol. The molecule has 2 aromatic heterocycles. The lowest BCUT2D eigenvalue weighted by Crippen LogP contribution is -2.00. The van der Waals surface area contributed by atoms with Crippen LogP contribution in [0.15, 0.2) is 170 Å². The molecule has 2 heterocycles. The van der Waals surface area contributed by atoms with E-state index < -0.39 is 0 Å². The lowest BCUT2D eigenvalue weighted by molar-refractivity contribution is 1.07. The second kappa shape index (κ2) is 13.7. The number of halogens is 1. The molecule has 0 aliphatic carbocycles. The van der Waals surface area contributed by atoms with Gasteiger partial charge in [0.2, 0.25) is 0 Å². The van der Waals surface area contributed by atoms with Gasteiger partial charge in [-0.3, -0.25) is 0 Å². The first-order chi connectivity index (χ1) is 24.2. The van der Waals surface area contributed by atoms with E-state index in [4.69, 9.17) is 24.9 Å². The largest absolute Gasteiger partial charge is 0.227 e. The van der Waals surface area contributed by atoms with Crippen molar-refractivity contribution in [3.05, 3.63) is 173 Å². The second-order valence-corrected chi connectivity index (χ2v) is 12.6. The van der Waals surface area contributed by atoms with Crippen molar-refractivity contribution in [3.63, 3.8) is 0 Å². The number of nitrogens with zero attached hydrogens (tertiary/aromatic N) is 5. The Labute approximate surface area is 298 Å². The molecule has 0 spiro atoms. The minimum atomic E-state index is 0.636. The highest BCUT2D eigenvalue weighted by atomic mass is 127. The minimum absolute atomic E-state index is 0.636. The van der Waals surface area contributed by atoms with Crippen molar-refractivity contribution in [1.82, 2.24) is 24.9 Å². The molecular formula is C43H28IN5. The van der Waals surface area contributed by atoms with E-state index in [1.54, 1.807) is 0 Å². The maximum absolute atomic E-state index is 5.07.